The van der Waals surface area contributed by atoms with Gasteiger partial charge in [-0.3, -0.25) is 4.79 Å². The summed E-state index contributed by atoms with van der Waals surface area (Å²) in [6.07, 6.45) is 0.754. The summed E-state index contributed by atoms with van der Waals surface area (Å²) in [6.45, 7) is 1.69. The predicted octanol–water partition coefficient (Wildman–Crippen LogP) is 1.23. The van der Waals surface area contributed by atoms with Crippen LogP contribution in [0.2, 0.25) is 0 Å². The number of carbonyl (C=O) groups excluding carboxylic acids is 2. The molecule has 0 atom stereocenters. The second-order valence-corrected chi connectivity index (χ2v) is 2.80. The Kier molecular flexibility index (Phi) is 3.28. The molecule has 0 aliphatic heterocycles. The highest BCUT2D eigenvalue weighted by atomic mass is 16.5. The van der Waals surface area contributed by atoms with Gasteiger partial charge in [-0.1, -0.05) is 0 Å². The molecule has 0 aliphatic rings. The van der Waals surface area contributed by atoms with Gasteiger partial charge in [0.2, 0.25) is 0 Å². The number of methoxy groups -OCH3 is 1. The van der Waals surface area contributed by atoms with Crippen LogP contribution in [0.15, 0.2) is 22.6 Å². The first kappa shape index (κ1) is 11.0. The second-order valence-electron chi connectivity index (χ2n) is 2.80. The number of hydrogen-bond acceptors (Lipinski definition) is 5. The monoisotopic (exact) mass is 210 g/mol. The van der Waals surface area contributed by atoms with Gasteiger partial charge in [0.05, 0.1) is 7.11 Å². The number of esters is 1. The number of aliphatic hydroxyl groups excluding tert-OH is 1. The van der Waals surface area contributed by atoms with Crippen molar-refractivity contribution < 1.29 is 23.8 Å². The molecule has 0 amide bonds. The summed E-state index contributed by atoms with van der Waals surface area (Å²) < 4.78 is 9.22. The molecule has 0 aliphatic carbocycles. The fraction of sp³-hybridized carbons (Fsp3) is 0.200. The van der Waals surface area contributed by atoms with Crippen molar-refractivity contribution in [2.45, 2.75) is 6.92 Å². The molecule has 0 radical (unpaired) electrons. The number of ether oxygens (including phenoxy) is 1. The minimum Gasteiger partial charge on any atom is -0.504 e. The maximum absolute atomic E-state index is 11.0. The van der Waals surface area contributed by atoms with Crippen LogP contribution in [0.1, 0.15) is 11.5 Å². The first-order chi connectivity index (χ1) is 7.04. The third-order valence-electron chi connectivity index (χ3n) is 1.65. The normalized spacial score (nSPS) is 11.2. The number of hydrogen-bond donors (Lipinski definition) is 1. The quantitative estimate of drug-likeness (QED) is 0.351. The Balaban J connectivity index is 2.85. The average Bonchev–Trinajstić information content (AvgIpc) is 2.63. The molecular formula is C10H10O5. The van der Waals surface area contributed by atoms with E-state index in [1.807, 2.05) is 0 Å². The van der Waals surface area contributed by atoms with E-state index in [1.54, 1.807) is 13.0 Å². The lowest BCUT2D eigenvalue weighted by atomic mass is 10.3. The maximum Gasteiger partial charge on any atom is 0.378 e. The van der Waals surface area contributed by atoms with Crippen LogP contribution in [0.5, 0.6) is 0 Å². The van der Waals surface area contributed by atoms with Gasteiger partial charge in [0.1, 0.15) is 5.76 Å². The summed E-state index contributed by atoms with van der Waals surface area (Å²) in [5, 5.41) is 9.39. The van der Waals surface area contributed by atoms with E-state index in [9.17, 15) is 14.7 Å². The number of furan rings is 1. The van der Waals surface area contributed by atoms with Crippen molar-refractivity contribution in [1.29, 1.82) is 0 Å². The van der Waals surface area contributed by atoms with E-state index in [2.05, 4.69) is 4.74 Å². The zero-order valence-corrected chi connectivity index (χ0v) is 8.31. The van der Waals surface area contributed by atoms with Crippen LogP contribution < -0.4 is 0 Å². The van der Waals surface area contributed by atoms with Crippen LogP contribution in [0.25, 0.3) is 5.76 Å². The Bertz CT molecular complexity index is 413. The van der Waals surface area contributed by atoms with Crippen molar-refractivity contribution in [2.24, 2.45) is 0 Å². The molecular weight excluding hydrogens is 200 g/mol. The molecule has 0 saturated heterocycles. The zero-order valence-electron chi connectivity index (χ0n) is 8.31. The Morgan fingerprint density at radius 1 is 1.47 bits per heavy atom. The van der Waals surface area contributed by atoms with Crippen molar-refractivity contribution in [3.63, 3.8) is 0 Å². The summed E-state index contributed by atoms with van der Waals surface area (Å²) in [7, 11) is 1.09. The van der Waals surface area contributed by atoms with Crippen LogP contribution in [0.3, 0.4) is 0 Å². The molecule has 1 aromatic rings. The molecule has 1 aromatic heterocycles. The number of aryl methyl sites for hydroxylation is 1. The SMILES string of the molecule is COC(=O)C(=O)/C=C(\O)c1ccc(C)o1. The van der Waals surface area contributed by atoms with Gasteiger partial charge < -0.3 is 14.3 Å². The third-order valence-corrected chi connectivity index (χ3v) is 1.65. The highest BCUT2D eigenvalue weighted by Crippen LogP contribution is 2.14. The van der Waals surface area contributed by atoms with Crippen molar-refractivity contribution in [3.05, 3.63) is 29.7 Å². The summed E-state index contributed by atoms with van der Waals surface area (Å²) in [4.78, 5) is 21.7. The van der Waals surface area contributed by atoms with Crippen LogP contribution in [0.4, 0.5) is 0 Å². The van der Waals surface area contributed by atoms with Gasteiger partial charge in [0.15, 0.2) is 11.5 Å². The first-order valence-corrected chi connectivity index (χ1v) is 4.14. The lowest BCUT2D eigenvalue weighted by molar-refractivity contribution is -0.149. The third kappa shape index (κ3) is 2.70. The topological polar surface area (TPSA) is 76.7 Å². The molecule has 15 heavy (non-hydrogen) atoms. The van der Waals surface area contributed by atoms with Crippen LogP contribution in [-0.4, -0.2) is 24.0 Å². The Hall–Kier alpha value is -2.04. The molecule has 1 rings (SSSR count). The smallest absolute Gasteiger partial charge is 0.378 e. The van der Waals surface area contributed by atoms with Gasteiger partial charge in [-0.2, -0.15) is 0 Å². The Labute approximate surface area is 86.0 Å². The molecule has 0 saturated carbocycles. The Morgan fingerprint density at radius 2 is 2.13 bits per heavy atom. The summed E-state index contributed by atoms with van der Waals surface area (Å²) in [6, 6.07) is 3.12. The van der Waals surface area contributed by atoms with Crippen molar-refractivity contribution in [2.75, 3.05) is 7.11 Å². The lowest BCUT2D eigenvalue weighted by Crippen LogP contribution is -2.12. The predicted molar refractivity (Wildman–Crippen MR) is 51.1 cm³/mol. The molecule has 0 bridgehead atoms. The maximum atomic E-state index is 11.0. The molecule has 1 N–H and O–H groups in total. The van der Waals surface area contributed by atoms with E-state index in [1.165, 1.54) is 6.07 Å². The molecule has 0 aromatic carbocycles. The minimum absolute atomic E-state index is 0.129. The fourth-order valence-corrected chi connectivity index (χ4v) is 0.927. The zero-order chi connectivity index (χ0) is 11.4. The van der Waals surface area contributed by atoms with E-state index in [0.29, 0.717) is 5.76 Å². The van der Waals surface area contributed by atoms with Crippen LogP contribution in [-0.2, 0) is 14.3 Å². The van der Waals surface area contributed by atoms with Gasteiger partial charge in [0, 0.05) is 6.08 Å². The van der Waals surface area contributed by atoms with Gasteiger partial charge in [-0.15, -0.1) is 0 Å². The number of aliphatic hydroxyl groups is 1. The fourth-order valence-electron chi connectivity index (χ4n) is 0.927. The van der Waals surface area contributed by atoms with Gasteiger partial charge >= 0.3 is 5.97 Å². The minimum atomic E-state index is -1.04. The van der Waals surface area contributed by atoms with Crippen molar-refractivity contribution in [3.8, 4) is 0 Å². The lowest BCUT2D eigenvalue weighted by Gasteiger charge is -1.95. The number of rotatable bonds is 3. The summed E-state index contributed by atoms with van der Waals surface area (Å²) in [5.74, 6) is -1.66. The van der Waals surface area contributed by atoms with Crippen molar-refractivity contribution in [1.82, 2.24) is 0 Å². The molecule has 80 valence electrons. The van der Waals surface area contributed by atoms with E-state index in [0.717, 1.165) is 13.2 Å². The Morgan fingerprint density at radius 3 is 2.60 bits per heavy atom. The van der Waals surface area contributed by atoms with E-state index in [-0.39, 0.29) is 5.76 Å². The first-order valence-electron chi connectivity index (χ1n) is 4.14. The standard InChI is InChI=1S/C10H10O5/c1-6-3-4-9(15-6)7(11)5-8(12)10(13)14-2/h3-5,11H,1-2H3/b7-5-. The molecule has 0 fully saturated rings. The number of ketones is 1. The molecule has 5 nitrogen and oxygen atoms in total. The summed E-state index contributed by atoms with van der Waals surface area (Å²) in [5.41, 5.74) is 0. The number of carbonyl (C=O) groups is 2. The summed E-state index contributed by atoms with van der Waals surface area (Å²) >= 11 is 0. The molecule has 0 unspecified atom stereocenters. The largest absolute Gasteiger partial charge is 0.504 e. The van der Waals surface area contributed by atoms with E-state index in [4.69, 9.17) is 4.42 Å². The van der Waals surface area contributed by atoms with Crippen LogP contribution >= 0.6 is 0 Å². The highest BCUT2D eigenvalue weighted by Gasteiger charge is 2.14. The van der Waals surface area contributed by atoms with E-state index < -0.39 is 17.5 Å². The van der Waals surface area contributed by atoms with Gasteiger partial charge in [-0.25, -0.2) is 4.79 Å². The van der Waals surface area contributed by atoms with Gasteiger partial charge in [0.25, 0.3) is 5.78 Å². The second kappa shape index (κ2) is 4.45. The highest BCUT2D eigenvalue weighted by molar-refractivity contribution is 6.39. The molecule has 5 heteroatoms. The molecule has 1 heterocycles. The van der Waals surface area contributed by atoms with E-state index >= 15 is 0 Å². The average molecular weight is 210 g/mol. The van der Waals surface area contributed by atoms with Crippen LogP contribution in [0, 0.1) is 6.92 Å². The molecule has 0 spiro atoms. The van der Waals surface area contributed by atoms with Crippen molar-refractivity contribution >= 4 is 17.5 Å². The van der Waals surface area contributed by atoms with Gasteiger partial charge in [-0.05, 0) is 19.1 Å².